The minimum atomic E-state index is 0.404. The number of aryl methyl sites for hydroxylation is 3. The van der Waals surface area contributed by atoms with Crippen LogP contribution in [0, 0.1) is 6.92 Å². The molecular weight excluding hydrogens is 326 g/mol. The van der Waals surface area contributed by atoms with Crippen molar-refractivity contribution < 1.29 is 0 Å². The molecule has 4 aromatic rings. The second-order valence-electron chi connectivity index (χ2n) is 5.61. The van der Waals surface area contributed by atoms with E-state index in [1.54, 1.807) is 10.7 Å². The van der Waals surface area contributed by atoms with Crippen molar-refractivity contribution in [2.45, 2.75) is 20.4 Å². The van der Waals surface area contributed by atoms with E-state index >= 15 is 0 Å². The van der Waals surface area contributed by atoms with Crippen LogP contribution in [0.1, 0.15) is 12.5 Å². The van der Waals surface area contributed by atoms with Gasteiger partial charge in [-0.1, -0.05) is 11.6 Å². The van der Waals surface area contributed by atoms with Crippen molar-refractivity contribution in [1.82, 2.24) is 33.9 Å². The summed E-state index contributed by atoms with van der Waals surface area (Å²) in [5, 5.41) is 9.55. The fourth-order valence-corrected chi connectivity index (χ4v) is 3.11. The van der Waals surface area contributed by atoms with Gasteiger partial charge in [-0.15, -0.1) is 5.10 Å². The van der Waals surface area contributed by atoms with E-state index in [-0.39, 0.29) is 0 Å². The number of rotatable bonds is 3. The number of nitrogens with zero attached hydrogens (tertiary/aromatic N) is 7. The molecule has 0 atom stereocenters. The fourth-order valence-electron chi connectivity index (χ4n) is 2.80. The van der Waals surface area contributed by atoms with Crippen molar-refractivity contribution in [2.75, 3.05) is 0 Å². The Labute approximate surface area is 143 Å². The highest BCUT2D eigenvalue weighted by atomic mass is 35.5. The van der Waals surface area contributed by atoms with E-state index < -0.39 is 0 Å². The van der Waals surface area contributed by atoms with Crippen LogP contribution in [-0.4, -0.2) is 33.9 Å². The molecule has 0 N–H and O–H groups in total. The van der Waals surface area contributed by atoms with Crippen molar-refractivity contribution in [3.8, 4) is 22.9 Å². The van der Waals surface area contributed by atoms with Crippen LogP contribution >= 0.6 is 11.6 Å². The molecule has 0 unspecified atom stereocenters. The Balaban J connectivity index is 1.91. The smallest absolute Gasteiger partial charge is 0.217 e. The Kier molecular flexibility index (Phi) is 3.38. The molecule has 0 aliphatic heterocycles. The van der Waals surface area contributed by atoms with Gasteiger partial charge in [-0.05, 0) is 25.5 Å². The molecule has 8 heteroatoms. The molecule has 24 heavy (non-hydrogen) atoms. The molecule has 0 aliphatic rings. The third-order valence-corrected chi connectivity index (χ3v) is 4.37. The lowest BCUT2D eigenvalue weighted by molar-refractivity contribution is 0.662. The van der Waals surface area contributed by atoms with E-state index in [9.17, 15) is 0 Å². The molecule has 0 spiro atoms. The van der Waals surface area contributed by atoms with Gasteiger partial charge in [-0.2, -0.15) is 5.10 Å². The zero-order chi connectivity index (χ0) is 16.8. The number of hydrogen-bond acceptors (Lipinski definition) is 4. The van der Waals surface area contributed by atoms with Crippen LogP contribution in [0.15, 0.2) is 30.9 Å². The maximum absolute atomic E-state index is 6.44. The van der Waals surface area contributed by atoms with Crippen molar-refractivity contribution in [1.29, 1.82) is 0 Å². The van der Waals surface area contributed by atoms with E-state index in [4.69, 9.17) is 11.6 Å². The summed E-state index contributed by atoms with van der Waals surface area (Å²) in [6.45, 7) is 4.89. The molecule has 4 heterocycles. The third kappa shape index (κ3) is 2.20. The number of halogens is 1. The maximum Gasteiger partial charge on any atom is 0.217 e. The highest BCUT2D eigenvalue weighted by molar-refractivity contribution is 6.33. The Morgan fingerprint density at radius 2 is 2.04 bits per heavy atom. The molecular formula is C16H16ClN7. The minimum absolute atomic E-state index is 0.404. The number of aromatic nitrogens is 7. The summed E-state index contributed by atoms with van der Waals surface area (Å²) in [7, 11) is 1.90. The van der Waals surface area contributed by atoms with Crippen LogP contribution in [0.25, 0.3) is 28.4 Å². The Morgan fingerprint density at radius 1 is 1.21 bits per heavy atom. The number of hydrogen-bond donors (Lipinski definition) is 0. The quantitative estimate of drug-likeness (QED) is 0.574. The maximum atomic E-state index is 6.44. The first-order chi connectivity index (χ1) is 11.6. The molecule has 0 aliphatic carbocycles. The summed E-state index contributed by atoms with van der Waals surface area (Å²) in [6, 6.07) is 1.99. The molecule has 0 saturated carbocycles. The first kappa shape index (κ1) is 14.9. The molecule has 122 valence electrons. The zero-order valence-electron chi connectivity index (χ0n) is 13.6. The van der Waals surface area contributed by atoms with E-state index in [0.717, 1.165) is 28.9 Å². The lowest BCUT2D eigenvalue weighted by Gasteiger charge is -2.03. The van der Waals surface area contributed by atoms with Crippen LogP contribution < -0.4 is 0 Å². The van der Waals surface area contributed by atoms with Gasteiger partial charge >= 0.3 is 0 Å². The highest BCUT2D eigenvalue weighted by Gasteiger charge is 2.18. The minimum Gasteiger partial charge on any atom is -0.331 e. The summed E-state index contributed by atoms with van der Waals surface area (Å²) in [6.07, 6.45) is 7.46. The predicted octanol–water partition coefficient (Wildman–Crippen LogP) is 2.98. The van der Waals surface area contributed by atoms with Crippen LogP contribution in [-0.2, 0) is 13.6 Å². The standard InChI is InChI=1S/C16H16ClN7/c1-4-23-7-5-12(20-23)11-9-24-13(10(11)2)14(17)19-15(21-24)16-18-6-8-22(16)3/h5-9H,4H2,1-3H3. The monoisotopic (exact) mass is 341 g/mol. The lowest BCUT2D eigenvalue weighted by Crippen LogP contribution is -2.02. The van der Waals surface area contributed by atoms with E-state index in [1.807, 2.05) is 47.9 Å². The first-order valence-electron chi connectivity index (χ1n) is 7.65. The van der Waals surface area contributed by atoms with Crippen LogP contribution in [0.4, 0.5) is 0 Å². The van der Waals surface area contributed by atoms with Gasteiger partial charge in [-0.25, -0.2) is 14.5 Å². The fraction of sp³-hybridized carbons (Fsp3) is 0.250. The molecule has 7 nitrogen and oxygen atoms in total. The van der Waals surface area contributed by atoms with E-state index in [1.165, 1.54) is 0 Å². The van der Waals surface area contributed by atoms with Crippen LogP contribution in [0.5, 0.6) is 0 Å². The second-order valence-corrected chi connectivity index (χ2v) is 5.96. The first-order valence-corrected chi connectivity index (χ1v) is 8.03. The SMILES string of the molecule is CCn1ccc(-c2cn3nc(-c4nccn4C)nc(Cl)c3c2C)n1. The van der Waals surface area contributed by atoms with Crippen molar-refractivity contribution in [3.63, 3.8) is 0 Å². The Bertz CT molecular complexity index is 1040. The molecule has 0 amide bonds. The molecule has 0 saturated heterocycles. The third-order valence-electron chi connectivity index (χ3n) is 4.10. The summed E-state index contributed by atoms with van der Waals surface area (Å²) in [5.74, 6) is 1.16. The Morgan fingerprint density at radius 3 is 2.71 bits per heavy atom. The molecule has 0 aromatic carbocycles. The second kappa shape index (κ2) is 5.45. The summed E-state index contributed by atoms with van der Waals surface area (Å²) >= 11 is 6.44. The summed E-state index contributed by atoms with van der Waals surface area (Å²) < 4.78 is 5.51. The molecule has 0 radical (unpaired) electrons. The van der Waals surface area contributed by atoms with E-state index in [0.29, 0.717) is 16.8 Å². The average molecular weight is 342 g/mol. The van der Waals surface area contributed by atoms with Gasteiger partial charge in [-0.3, -0.25) is 4.68 Å². The molecule has 0 fully saturated rings. The van der Waals surface area contributed by atoms with Crippen molar-refractivity contribution in [2.24, 2.45) is 7.05 Å². The topological polar surface area (TPSA) is 65.8 Å². The average Bonchev–Trinajstić information content (AvgIpc) is 3.26. The largest absolute Gasteiger partial charge is 0.331 e. The van der Waals surface area contributed by atoms with Gasteiger partial charge in [0.15, 0.2) is 11.0 Å². The van der Waals surface area contributed by atoms with E-state index in [2.05, 4.69) is 27.1 Å². The normalized spacial score (nSPS) is 11.5. The van der Waals surface area contributed by atoms with Gasteiger partial charge in [0, 0.05) is 43.9 Å². The Hall–Kier alpha value is -2.67. The van der Waals surface area contributed by atoms with Gasteiger partial charge < -0.3 is 4.57 Å². The van der Waals surface area contributed by atoms with Crippen LogP contribution in [0.3, 0.4) is 0 Å². The van der Waals surface area contributed by atoms with Gasteiger partial charge in [0.2, 0.25) is 5.82 Å². The van der Waals surface area contributed by atoms with Crippen molar-refractivity contribution in [3.05, 3.63) is 41.6 Å². The predicted molar refractivity (Wildman–Crippen MR) is 91.8 cm³/mol. The van der Waals surface area contributed by atoms with Crippen LogP contribution in [0.2, 0.25) is 5.15 Å². The molecule has 4 aromatic heterocycles. The van der Waals surface area contributed by atoms with Gasteiger partial charge in [0.1, 0.15) is 5.52 Å². The highest BCUT2D eigenvalue weighted by Crippen LogP contribution is 2.30. The van der Waals surface area contributed by atoms with Crippen molar-refractivity contribution >= 4 is 17.1 Å². The van der Waals surface area contributed by atoms with Gasteiger partial charge in [0.25, 0.3) is 0 Å². The van der Waals surface area contributed by atoms with Gasteiger partial charge in [0.05, 0.1) is 5.69 Å². The summed E-state index contributed by atoms with van der Waals surface area (Å²) in [5.41, 5.74) is 3.69. The zero-order valence-corrected chi connectivity index (χ0v) is 14.4. The number of fused-ring (bicyclic) bond motifs is 1. The number of imidazole rings is 1. The summed E-state index contributed by atoms with van der Waals surface area (Å²) in [4.78, 5) is 8.70. The lowest BCUT2D eigenvalue weighted by atomic mass is 10.1. The molecule has 4 rings (SSSR count). The molecule has 0 bridgehead atoms.